The third-order valence-electron chi connectivity index (χ3n) is 11.4. The summed E-state index contributed by atoms with van der Waals surface area (Å²) in [7, 11) is 0. The molecule has 7 nitrogen and oxygen atoms in total. The monoisotopic (exact) mass is 743 g/mol. The maximum atomic E-state index is 5.30. The van der Waals surface area contributed by atoms with E-state index in [1.165, 1.54) is 21.5 Å². The van der Waals surface area contributed by atoms with Gasteiger partial charge in [-0.05, 0) is 81.7 Å². The molecule has 1 aliphatic heterocycles. The highest BCUT2D eigenvalue weighted by molar-refractivity contribution is 6.19. The Hall–Kier alpha value is -7.90. The van der Waals surface area contributed by atoms with Gasteiger partial charge in [0.05, 0.1) is 22.1 Å². The van der Waals surface area contributed by atoms with Crippen LogP contribution in [-0.2, 0) is 0 Å². The molecular weight excluding hydrogens is 711 g/mol. The largest absolute Gasteiger partial charge is 0.343 e. The van der Waals surface area contributed by atoms with Crippen LogP contribution in [0.15, 0.2) is 198 Å². The molecule has 0 fully saturated rings. The summed E-state index contributed by atoms with van der Waals surface area (Å²) in [6.07, 6.45) is 1.44. The summed E-state index contributed by atoms with van der Waals surface area (Å²) in [6, 6.07) is 64.0. The smallest absolute Gasteiger partial charge is 0.235 e. The van der Waals surface area contributed by atoms with Crippen LogP contribution in [0.25, 0.3) is 76.8 Å². The molecule has 58 heavy (non-hydrogen) atoms. The van der Waals surface area contributed by atoms with Crippen molar-refractivity contribution in [2.24, 2.45) is 9.98 Å². The summed E-state index contributed by atoms with van der Waals surface area (Å²) in [5.74, 6) is 1.84. The van der Waals surface area contributed by atoms with Crippen LogP contribution in [0.3, 0.4) is 0 Å². The maximum Gasteiger partial charge on any atom is 0.235 e. The summed E-state index contributed by atoms with van der Waals surface area (Å²) < 4.78 is 4.54. The Labute approximate surface area is 332 Å². The molecular formula is C51H33N7. The van der Waals surface area contributed by atoms with E-state index in [0.717, 1.165) is 60.4 Å². The number of aromatic nitrogens is 4. The predicted molar refractivity (Wildman–Crippen MR) is 238 cm³/mol. The zero-order valence-electron chi connectivity index (χ0n) is 31.2. The number of benzene rings is 8. The molecule has 0 bridgehead atoms. The average molecular weight is 744 g/mol. The molecule has 3 aromatic heterocycles. The van der Waals surface area contributed by atoms with Gasteiger partial charge >= 0.3 is 0 Å². The van der Waals surface area contributed by atoms with E-state index in [0.29, 0.717) is 23.3 Å². The fourth-order valence-corrected chi connectivity index (χ4v) is 8.68. The van der Waals surface area contributed by atoms with Crippen molar-refractivity contribution in [3.05, 3.63) is 205 Å². The summed E-state index contributed by atoms with van der Waals surface area (Å²) in [4.78, 5) is 20.6. The summed E-state index contributed by atoms with van der Waals surface area (Å²) in [5.41, 5.74) is 8.11. The third-order valence-corrected chi connectivity index (χ3v) is 11.4. The molecule has 1 atom stereocenters. The zero-order valence-corrected chi connectivity index (χ0v) is 31.2. The van der Waals surface area contributed by atoms with Crippen molar-refractivity contribution in [3.63, 3.8) is 0 Å². The Kier molecular flexibility index (Phi) is 7.16. The van der Waals surface area contributed by atoms with E-state index in [2.05, 4.69) is 190 Å². The second kappa shape index (κ2) is 12.8. The molecule has 1 N–H and O–H groups in total. The van der Waals surface area contributed by atoms with Crippen molar-refractivity contribution in [1.82, 2.24) is 24.4 Å². The van der Waals surface area contributed by atoms with Gasteiger partial charge in [0.15, 0.2) is 11.7 Å². The Balaban J connectivity index is 1.04. The second-order valence-corrected chi connectivity index (χ2v) is 14.8. The van der Waals surface area contributed by atoms with Gasteiger partial charge in [-0.2, -0.15) is 0 Å². The number of hydrogen-bond acceptors (Lipinski definition) is 5. The first kappa shape index (κ1) is 32.4. The van der Waals surface area contributed by atoms with Gasteiger partial charge in [-0.1, -0.05) is 127 Å². The van der Waals surface area contributed by atoms with Crippen molar-refractivity contribution in [3.8, 4) is 11.6 Å². The minimum absolute atomic E-state index is 0.390. The van der Waals surface area contributed by atoms with Gasteiger partial charge in [-0.25, -0.2) is 20.0 Å². The van der Waals surface area contributed by atoms with Crippen LogP contribution in [0.1, 0.15) is 23.0 Å². The fourth-order valence-electron chi connectivity index (χ4n) is 8.68. The second-order valence-electron chi connectivity index (χ2n) is 14.8. The van der Waals surface area contributed by atoms with Crippen molar-refractivity contribution >= 4 is 76.8 Å². The lowest BCUT2D eigenvalue weighted by molar-refractivity contribution is 0.673. The Morgan fingerprint density at radius 3 is 1.84 bits per heavy atom. The Morgan fingerprint density at radius 2 is 1.09 bits per heavy atom. The highest BCUT2D eigenvalue weighted by Crippen LogP contribution is 2.39. The third kappa shape index (κ3) is 5.14. The van der Waals surface area contributed by atoms with E-state index >= 15 is 0 Å². The molecule has 0 spiro atoms. The van der Waals surface area contributed by atoms with E-state index in [4.69, 9.17) is 20.0 Å². The maximum absolute atomic E-state index is 5.30. The molecule has 1 unspecified atom stereocenters. The van der Waals surface area contributed by atoms with E-state index in [1.807, 2.05) is 12.3 Å². The lowest BCUT2D eigenvalue weighted by Crippen LogP contribution is -2.34. The van der Waals surface area contributed by atoms with Crippen LogP contribution >= 0.6 is 0 Å². The highest BCUT2D eigenvalue weighted by atomic mass is 15.2. The molecule has 0 aliphatic carbocycles. The minimum atomic E-state index is -0.390. The first-order valence-corrected chi connectivity index (χ1v) is 19.5. The lowest BCUT2D eigenvalue weighted by atomic mass is 10.0. The van der Waals surface area contributed by atoms with Crippen LogP contribution in [-0.4, -0.2) is 30.8 Å². The van der Waals surface area contributed by atoms with E-state index < -0.39 is 6.17 Å². The zero-order chi connectivity index (χ0) is 38.2. The quantitative estimate of drug-likeness (QED) is 0.191. The topological polar surface area (TPSA) is 72.4 Å². The van der Waals surface area contributed by atoms with E-state index in [9.17, 15) is 0 Å². The summed E-state index contributed by atoms with van der Waals surface area (Å²) in [5, 5.41) is 13.0. The summed E-state index contributed by atoms with van der Waals surface area (Å²) >= 11 is 0. The van der Waals surface area contributed by atoms with E-state index in [-0.39, 0.29) is 0 Å². The Morgan fingerprint density at radius 1 is 0.466 bits per heavy atom. The molecule has 1 aliphatic rings. The molecule has 0 radical (unpaired) electrons. The number of amidine groups is 2. The van der Waals surface area contributed by atoms with Gasteiger partial charge in [-0.3, -0.25) is 4.57 Å². The van der Waals surface area contributed by atoms with Gasteiger partial charge in [-0.15, -0.1) is 0 Å². The average Bonchev–Trinajstić information content (AvgIpc) is 3.80. The van der Waals surface area contributed by atoms with Gasteiger partial charge < -0.3 is 9.88 Å². The number of nitrogens with one attached hydrogen (secondary N) is 1. The fraction of sp³-hybridized carbons (Fsp3) is 0.0196. The number of hydrogen-bond donors (Lipinski definition) is 1. The molecule has 0 saturated heterocycles. The molecule has 12 rings (SSSR count). The van der Waals surface area contributed by atoms with Crippen molar-refractivity contribution < 1.29 is 0 Å². The molecule has 7 heteroatoms. The molecule has 8 aromatic carbocycles. The van der Waals surface area contributed by atoms with Crippen molar-refractivity contribution in [1.29, 1.82) is 0 Å². The van der Waals surface area contributed by atoms with Crippen LogP contribution in [0, 0.1) is 0 Å². The van der Waals surface area contributed by atoms with Gasteiger partial charge in [0.2, 0.25) is 5.95 Å². The van der Waals surface area contributed by atoms with Gasteiger partial charge in [0.25, 0.3) is 0 Å². The van der Waals surface area contributed by atoms with E-state index in [1.54, 1.807) is 0 Å². The van der Waals surface area contributed by atoms with Gasteiger partial charge in [0, 0.05) is 39.0 Å². The number of nitrogens with zero attached hydrogens (tertiary/aromatic N) is 6. The SMILES string of the molecule is c1ccc(-n2c3ccccc3c3cc4c5ccccc5n(-c5nccc(C6=NC(c7ccc8ccccc8c7)=NC(c7ccc8ccccc8c7)N6)n5)c4cc32)cc1. The number of rotatable bonds is 5. The van der Waals surface area contributed by atoms with Crippen molar-refractivity contribution in [2.45, 2.75) is 6.17 Å². The van der Waals surface area contributed by atoms with Crippen molar-refractivity contribution in [2.75, 3.05) is 0 Å². The normalized spacial score (nSPS) is 14.4. The molecule has 0 amide bonds. The van der Waals surface area contributed by atoms with Crippen LogP contribution in [0.4, 0.5) is 0 Å². The first-order chi connectivity index (χ1) is 28.7. The number of fused-ring (bicyclic) bond motifs is 8. The standard InChI is InChI=1S/C51H33N7/c1-2-16-38(17-3-1)57-44-20-10-8-18-39(44)41-30-42-40-19-9-11-21-45(40)58(47(42)31-46(41)57)51-52-27-26-43(53-51)50-55-48(36-24-22-32-12-4-6-14-34(32)28-36)54-49(56-50)37-25-23-33-13-5-7-15-35(33)29-37/h1-31,48H,(H,54,55,56). The number of aliphatic imine (C=N–C) groups is 2. The summed E-state index contributed by atoms with van der Waals surface area (Å²) in [6.45, 7) is 0. The first-order valence-electron chi connectivity index (χ1n) is 19.5. The molecule has 4 heterocycles. The Bertz CT molecular complexity index is 3500. The van der Waals surface area contributed by atoms with Crippen LogP contribution in [0.5, 0.6) is 0 Å². The highest BCUT2D eigenvalue weighted by Gasteiger charge is 2.24. The molecule has 11 aromatic rings. The van der Waals surface area contributed by atoms with Crippen LogP contribution < -0.4 is 5.32 Å². The minimum Gasteiger partial charge on any atom is -0.343 e. The lowest BCUT2D eigenvalue weighted by Gasteiger charge is -2.23. The molecule has 0 saturated carbocycles. The predicted octanol–water partition coefficient (Wildman–Crippen LogP) is 11.5. The number of para-hydroxylation sites is 3. The van der Waals surface area contributed by atoms with Crippen LogP contribution in [0.2, 0.25) is 0 Å². The molecule has 272 valence electrons. The van der Waals surface area contributed by atoms with Gasteiger partial charge in [0.1, 0.15) is 11.9 Å².